The molecule has 0 saturated carbocycles. The van der Waals surface area contributed by atoms with Crippen molar-refractivity contribution in [1.29, 1.82) is 0 Å². The van der Waals surface area contributed by atoms with Crippen molar-refractivity contribution in [2.75, 3.05) is 5.75 Å². The number of amides is 2. The van der Waals surface area contributed by atoms with Crippen LogP contribution in [0.5, 0.6) is 5.75 Å². The third-order valence-electron chi connectivity index (χ3n) is 4.13. The number of rotatable bonds is 5. The zero-order valence-corrected chi connectivity index (χ0v) is 16.2. The molecule has 6 nitrogen and oxygen atoms in total. The van der Waals surface area contributed by atoms with Crippen LogP contribution < -0.4 is 5.43 Å². The molecule has 9 heteroatoms. The van der Waals surface area contributed by atoms with E-state index in [0.29, 0.717) is 5.56 Å². The van der Waals surface area contributed by atoms with Crippen LogP contribution in [0.25, 0.3) is 10.2 Å². The average molecular weight is 420 g/mol. The number of benzene rings is 2. The Morgan fingerprint density at radius 2 is 2.00 bits per heavy atom. The molecule has 4 rings (SSSR count). The van der Waals surface area contributed by atoms with Gasteiger partial charge in [0.25, 0.3) is 5.91 Å². The van der Waals surface area contributed by atoms with Crippen LogP contribution in [0.4, 0.5) is 0 Å². The van der Waals surface area contributed by atoms with E-state index in [0.717, 1.165) is 14.6 Å². The first-order chi connectivity index (χ1) is 13.0. The quantitative estimate of drug-likeness (QED) is 0.376. The molecule has 2 heterocycles. The van der Waals surface area contributed by atoms with Gasteiger partial charge < -0.3 is 5.11 Å². The summed E-state index contributed by atoms with van der Waals surface area (Å²) in [6, 6.07) is 13.8. The van der Waals surface area contributed by atoms with Gasteiger partial charge in [0, 0.05) is 5.56 Å². The highest BCUT2D eigenvalue weighted by molar-refractivity contribution is 8.01. The Kier molecular flexibility index (Phi) is 4.94. The number of carbonyl (C=O) groups is 2. The molecule has 2 atom stereocenters. The van der Waals surface area contributed by atoms with Crippen LogP contribution in [-0.2, 0) is 9.59 Å². The Labute approximate surface area is 168 Å². The number of halogens is 1. The van der Waals surface area contributed by atoms with E-state index in [1.165, 1.54) is 34.2 Å². The molecule has 0 aliphatic carbocycles. The number of hydrogen-bond acceptors (Lipinski definition) is 6. The standard InChI is InChI=1S/C18H14ClN3O3S2/c19-15-16(10-5-1-3-7-12(10)23)22(17(15)25)21-14(24)9-26-18-20-11-6-2-4-8-13(11)27-18/h1-8,15-16,23H,9H2,(H,21,24). The summed E-state index contributed by atoms with van der Waals surface area (Å²) in [7, 11) is 0. The van der Waals surface area contributed by atoms with Crippen molar-refractivity contribution in [1.82, 2.24) is 15.4 Å². The number of β-lactam (4-membered cyclic amide) rings is 1. The summed E-state index contributed by atoms with van der Waals surface area (Å²) in [6.45, 7) is 0. The highest BCUT2D eigenvalue weighted by Crippen LogP contribution is 2.40. The molecule has 1 saturated heterocycles. The molecule has 1 aliphatic rings. The number of para-hydroxylation sites is 2. The Balaban J connectivity index is 1.41. The Bertz CT molecular complexity index is 993. The molecule has 0 spiro atoms. The van der Waals surface area contributed by atoms with Crippen LogP contribution in [0, 0.1) is 0 Å². The summed E-state index contributed by atoms with van der Waals surface area (Å²) in [5.74, 6) is -0.590. The number of alkyl halides is 1. The van der Waals surface area contributed by atoms with Crippen LogP contribution >= 0.6 is 34.7 Å². The summed E-state index contributed by atoms with van der Waals surface area (Å²) in [5.41, 5.74) is 3.97. The minimum Gasteiger partial charge on any atom is -0.508 e. The minimum atomic E-state index is -0.824. The van der Waals surface area contributed by atoms with Crippen molar-refractivity contribution in [3.63, 3.8) is 0 Å². The fourth-order valence-corrected chi connectivity index (χ4v) is 5.03. The van der Waals surface area contributed by atoms with Crippen LogP contribution in [-0.4, -0.2) is 38.0 Å². The number of phenols is 1. The van der Waals surface area contributed by atoms with Gasteiger partial charge in [-0.2, -0.15) is 0 Å². The van der Waals surface area contributed by atoms with Crippen molar-refractivity contribution >= 4 is 56.7 Å². The smallest absolute Gasteiger partial charge is 0.262 e. The van der Waals surface area contributed by atoms with Gasteiger partial charge in [-0.1, -0.05) is 42.1 Å². The molecule has 2 aromatic carbocycles. The van der Waals surface area contributed by atoms with Crippen molar-refractivity contribution in [3.05, 3.63) is 54.1 Å². The van der Waals surface area contributed by atoms with Gasteiger partial charge in [0.15, 0.2) is 4.34 Å². The number of fused-ring (bicyclic) bond motifs is 1. The summed E-state index contributed by atoms with van der Waals surface area (Å²) in [4.78, 5) is 28.8. The number of aromatic hydroxyl groups is 1. The molecule has 2 unspecified atom stereocenters. The molecule has 0 radical (unpaired) electrons. The number of nitrogens with zero attached hydrogens (tertiary/aromatic N) is 2. The Morgan fingerprint density at radius 1 is 1.26 bits per heavy atom. The van der Waals surface area contributed by atoms with E-state index in [2.05, 4.69) is 10.4 Å². The molecule has 138 valence electrons. The molecule has 1 fully saturated rings. The minimum absolute atomic E-state index is 0.0312. The first-order valence-corrected chi connectivity index (χ1v) is 10.3. The lowest BCUT2D eigenvalue weighted by Gasteiger charge is -2.44. The number of thiazole rings is 1. The van der Waals surface area contributed by atoms with Gasteiger partial charge >= 0.3 is 0 Å². The number of aromatic nitrogens is 1. The van der Waals surface area contributed by atoms with Gasteiger partial charge in [-0.15, -0.1) is 22.9 Å². The topological polar surface area (TPSA) is 82.5 Å². The maximum atomic E-state index is 12.3. The fraction of sp³-hybridized carbons (Fsp3) is 0.167. The molecule has 3 aromatic rings. The molecule has 1 aliphatic heterocycles. The highest BCUT2D eigenvalue weighted by atomic mass is 35.5. The molecular formula is C18H14ClN3O3S2. The second-order valence-electron chi connectivity index (χ2n) is 5.88. The molecule has 2 N–H and O–H groups in total. The Morgan fingerprint density at radius 3 is 2.78 bits per heavy atom. The summed E-state index contributed by atoms with van der Waals surface area (Å²) in [5, 5.41) is 10.4. The van der Waals surface area contributed by atoms with Gasteiger partial charge in [0.05, 0.1) is 16.0 Å². The highest BCUT2D eigenvalue weighted by Gasteiger charge is 2.49. The van der Waals surface area contributed by atoms with E-state index in [1.807, 2.05) is 24.3 Å². The summed E-state index contributed by atoms with van der Waals surface area (Å²) >= 11 is 8.92. The van der Waals surface area contributed by atoms with E-state index in [1.54, 1.807) is 18.2 Å². The lowest BCUT2D eigenvalue weighted by molar-refractivity contribution is -0.155. The monoisotopic (exact) mass is 419 g/mol. The largest absolute Gasteiger partial charge is 0.508 e. The van der Waals surface area contributed by atoms with E-state index < -0.39 is 17.3 Å². The normalized spacial score (nSPS) is 19.1. The molecule has 0 bridgehead atoms. The van der Waals surface area contributed by atoms with Crippen molar-refractivity contribution in [2.24, 2.45) is 0 Å². The molecule has 27 heavy (non-hydrogen) atoms. The summed E-state index contributed by atoms with van der Waals surface area (Å²) < 4.78 is 1.84. The van der Waals surface area contributed by atoms with Crippen molar-refractivity contribution < 1.29 is 14.7 Å². The van der Waals surface area contributed by atoms with E-state index in [9.17, 15) is 14.7 Å². The van der Waals surface area contributed by atoms with Crippen LogP contribution in [0.3, 0.4) is 0 Å². The third kappa shape index (κ3) is 3.47. The average Bonchev–Trinajstić information content (AvgIpc) is 3.10. The molecular weight excluding hydrogens is 406 g/mol. The second-order valence-corrected chi connectivity index (χ2v) is 8.61. The number of hydrogen-bond donors (Lipinski definition) is 2. The molecule has 2 amide bonds. The maximum absolute atomic E-state index is 12.3. The van der Waals surface area contributed by atoms with E-state index >= 15 is 0 Å². The zero-order chi connectivity index (χ0) is 19.0. The summed E-state index contributed by atoms with van der Waals surface area (Å²) in [6.07, 6.45) is 0. The fourth-order valence-electron chi connectivity index (χ4n) is 2.82. The number of hydrazine groups is 1. The zero-order valence-electron chi connectivity index (χ0n) is 13.8. The molecule has 1 aromatic heterocycles. The number of phenolic OH excluding ortho intramolecular Hbond substituents is 1. The van der Waals surface area contributed by atoms with Gasteiger partial charge in [-0.05, 0) is 18.2 Å². The van der Waals surface area contributed by atoms with Crippen molar-refractivity contribution in [3.8, 4) is 5.75 Å². The lowest BCUT2D eigenvalue weighted by Crippen LogP contribution is -2.63. The van der Waals surface area contributed by atoms with Crippen LogP contribution in [0.1, 0.15) is 11.6 Å². The number of nitrogens with one attached hydrogen (secondary N) is 1. The first kappa shape index (κ1) is 18.1. The van der Waals surface area contributed by atoms with Gasteiger partial charge in [0.1, 0.15) is 17.2 Å². The van der Waals surface area contributed by atoms with Gasteiger partial charge in [-0.3, -0.25) is 15.0 Å². The van der Waals surface area contributed by atoms with Gasteiger partial charge in [0.2, 0.25) is 5.91 Å². The second kappa shape index (κ2) is 7.38. The third-order valence-corrected chi connectivity index (χ3v) is 6.73. The predicted molar refractivity (Wildman–Crippen MR) is 106 cm³/mol. The first-order valence-electron chi connectivity index (χ1n) is 8.07. The lowest BCUT2D eigenvalue weighted by atomic mass is 9.94. The van der Waals surface area contributed by atoms with Crippen LogP contribution in [0.2, 0.25) is 0 Å². The van der Waals surface area contributed by atoms with E-state index in [4.69, 9.17) is 11.6 Å². The van der Waals surface area contributed by atoms with Crippen LogP contribution in [0.15, 0.2) is 52.9 Å². The predicted octanol–water partition coefficient (Wildman–Crippen LogP) is 3.32. The van der Waals surface area contributed by atoms with Crippen molar-refractivity contribution in [2.45, 2.75) is 15.8 Å². The SMILES string of the molecule is O=C(CSc1nc2ccccc2s1)NN1C(=O)C(Cl)C1c1ccccc1O. The Hall–Kier alpha value is -2.29. The van der Waals surface area contributed by atoms with Gasteiger partial charge in [-0.25, -0.2) is 9.99 Å². The number of thioether (sulfide) groups is 1. The van der Waals surface area contributed by atoms with E-state index in [-0.39, 0.29) is 17.4 Å². The maximum Gasteiger partial charge on any atom is 0.262 e. The number of carbonyl (C=O) groups excluding carboxylic acids is 2.